The highest BCUT2D eigenvalue weighted by molar-refractivity contribution is 5.97. The molecular formula is C23H29N3O4. The molecule has 0 saturated heterocycles. The van der Waals surface area contributed by atoms with Gasteiger partial charge in [0.15, 0.2) is 11.5 Å². The van der Waals surface area contributed by atoms with Gasteiger partial charge in [-0.2, -0.15) is 0 Å². The highest BCUT2D eigenvalue weighted by Crippen LogP contribution is 2.32. The number of rotatable bonds is 9. The number of benzene rings is 2. The lowest BCUT2D eigenvalue weighted by molar-refractivity contribution is -0.121. The van der Waals surface area contributed by atoms with Gasteiger partial charge in [-0.25, -0.2) is 0 Å². The number of amides is 2. The van der Waals surface area contributed by atoms with Crippen molar-refractivity contribution in [3.05, 3.63) is 59.7 Å². The van der Waals surface area contributed by atoms with Crippen molar-refractivity contribution in [1.29, 1.82) is 0 Å². The van der Waals surface area contributed by atoms with Crippen LogP contribution in [0.15, 0.2) is 48.5 Å². The van der Waals surface area contributed by atoms with Gasteiger partial charge in [0.1, 0.15) is 0 Å². The minimum Gasteiger partial charge on any atom is -0.454 e. The van der Waals surface area contributed by atoms with Crippen LogP contribution in [-0.2, 0) is 11.3 Å². The second-order valence-electron chi connectivity index (χ2n) is 7.85. The standard InChI is InChI=1S/C23H29N3O4/c1-16(2)19(14-26(3)13-17-7-5-4-6-8-17)25-22(27)12-24-23(28)18-9-10-20-21(11-18)30-15-29-20/h4-11,16,19H,12-15H2,1-3H3,(H,24,28)(H,25,27). The molecular weight excluding hydrogens is 382 g/mol. The van der Waals surface area contributed by atoms with Gasteiger partial charge in [0, 0.05) is 24.7 Å². The normalized spacial score (nSPS) is 13.4. The van der Waals surface area contributed by atoms with Crippen LogP contribution >= 0.6 is 0 Å². The predicted molar refractivity (Wildman–Crippen MR) is 114 cm³/mol. The Kier molecular flexibility index (Phi) is 7.30. The Bertz CT molecular complexity index is 870. The van der Waals surface area contributed by atoms with Crippen molar-refractivity contribution in [3.8, 4) is 11.5 Å². The van der Waals surface area contributed by atoms with E-state index in [0.29, 0.717) is 23.6 Å². The Morgan fingerprint density at radius 1 is 1.07 bits per heavy atom. The summed E-state index contributed by atoms with van der Waals surface area (Å²) in [4.78, 5) is 27.0. The van der Waals surface area contributed by atoms with Gasteiger partial charge in [-0.3, -0.25) is 9.59 Å². The Morgan fingerprint density at radius 2 is 1.80 bits per heavy atom. The molecule has 3 rings (SSSR count). The molecule has 2 aromatic carbocycles. The summed E-state index contributed by atoms with van der Waals surface area (Å²) in [5.41, 5.74) is 1.65. The van der Waals surface area contributed by atoms with Crippen molar-refractivity contribution < 1.29 is 19.1 Å². The van der Waals surface area contributed by atoms with Crippen molar-refractivity contribution in [2.24, 2.45) is 5.92 Å². The number of nitrogens with zero attached hydrogens (tertiary/aromatic N) is 1. The molecule has 0 spiro atoms. The largest absolute Gasteiger partial charge is 0.454 e. The van der Waals surface area contributed by atoms with E-state index in [4.69, 9.17) is 9.47 Å². The summed E-state index contributed by atoms with van der Waals surface area (Å²) in [6, 6.07) is 15.2. The zero-order valence-electron chi connectivity index (χ0n) is 17.7. The number of hydrogen-bond acceptors (Lipinski definition) is 5. The van der Waals surface area contributed by atoms with E-state index in [2.05, 4.69) is 41.5 Å². The molecule has 1 aliphatic rings. The lowest BCUT2D eigenvalue weighted by Crippen LogP contribution is -2.48. The fraction of sp³-hybridized carbons (Fsp3) is 0.391. The van der Waals surface area contributed by atoms with Gasteiger partial charge < -0.3 is 25.0 Å². The van der Waals surface area contributed by atoms with Crippen LogP contribution in [0.25, 0.3) is 0 Å². The quantitative estimate of drug-likeness (QED) is 0.663. The van der Waals surface area contributed by atoms with Gasteiger partial charge in [0.25, 0.3) is 5.91 Å². The number of carbonyl (C=O) groups is 2. The SMILES string of the molecule is CC(C)C(CN(C)Cc1ccccc1)NC(=O)CNC(=O)c1ccc2c(c1)OCO2. The molecule has 0 radical (unpaired) electrons. The Morgan fingerprint density at radius 3 is 2.53 bits per heavy atom. The summed E-state index contributed by atoms with van der Waals surface area (Å²) in [5.74, 6) is 0.871. The van der Waals surface area contributed by atoms with Crippen LogP contribution < -0.4 is 20.1 Å². The average molecular weight is 412 g/mol. The summed E-state index contributed by atoms with van der Waals surface area (Å²) in [5, 5.41) is 5.71. The maximum atomic E-state index is 12.4. The van der Waals surface area contributed by atoms with E-state index in [1.54, 1.807) is 18.2 Å². The highest BCUT2D eigenvalue weighted by atomic mass is 16.7. The van der Waals surface area contributed by atoms with E-state index < -0.39 is 0 Å². The average Bonchev–Trinajstić information content (AvgIpc) is 3.20. The monoisotopic (exact) mass is 411 g/mol. The maximum absolute atomic E-state index is 12.4. The van der Waals surface area contributed by atoms with Crippen LogP contribution in [0.4, 0.5) is 0 Å². The Labute approximate surface area is 177 Å². The summed E-state index contributed by atoms with van der Waals surface area (Å²) >= 11 is 0. The molecule has 1 aliphatic heterocycles. The minimum atomic E-state index is -0.328. The van der Waals surface area contributed by atoms with E-state index in [0.717, 1.165) is 6.54 Å². The van der Waals surface area contributed by atoms with Crippen LogP contribution in [0.3, 0.4) is 0 Å². The Balaban J connectivity index is 1.48. The summed E-state index contributed by atoms with van der Waals surface area (Å²) in [6.45, 7) is 5.74. The molecule has 2 amide bonds. The zero-order valence-corrected chi connectivity index (χ0v) is 17.7. The first kappa shape index (κ1) is 21.6. The van der Waals surface area contributed by atoms with Crippen LogP contribution in [0.2, 0.25) is 0 Å². The van der Waals surface area contributed by atoms with Crippen molar-refractivity contribution in [1.82, 2.24) is 15.5 Å². The molecule has 160 valence electrons. The molecule has 1 heterocycles. The Hall–Kier alpha value is -3.06. The van der Waals surface area contributed by atoms with Gasteiger partial charge in [-0.05, 0) is 36.7 Å². The van der Waals surface area contributed by atoms with Gasteiger partial charge in [0.05, 0.1) is 6.54 Å². The second kappa shape index (κ2) is 10.1. The van der Waals surface area contributed by atoms with E-state index in [-0.39, 0.29) is 37.1 Å². The first-order chi connectivity index (χ1) is 14.4. The highest BCUT2D eigenvalue weighted by Gasteiger charge is 2.20. The van der Waals surface area contributed by atoms with Crippen LogP contribution in [0, 0.1) is 5.92 Å². The van der Waals surface area contributed by atoms with Crippen LogP contribution in [0.1, 0.15) is 29.8 Å². The second-order valence-corrected chi connectivity index (χ2v) is 7.85. The maximum Gasteiger partial charge on any atom is 0.251 e. The molecule has 0 bridgehead atoms. The van der Waals surface area contributed by atoms with Crippen molar-refractivity contribution in [2.75, 3.05) is 26.9 Å². The number of ether oxygens (including phenoxy) is 2. The molecule has 1 atom stereocenters. The van der Waals surface area contributed by atoms with Crippen molar-refractivity contribution in [3.63, 3.8) is 0 Å². The third kappa shape index (κ3) is 5.97. The van der Waals surface area contributed by atoms with E-state index in [9.17, 15) is 9.59 Å². The third-order valence-electron chi connectivity index (χ3n) is 5.00. The van der Waals surface area contributed by atoms with Gasteiger partial charge >= 0.3 is 0 Å². The fourth-order valence-electron chi connectivity index (χ4n) is 3.28. The fourth-order valence-corrected chi connectivity index (χ4v) is 3.28. The molecule has 7 nitrogen and oxygen atoms in total. The smallest absolute Gasteiger partial charge is 0.251 e. The molecule has 1 unspecified atom stereocenters. The molecule has 0 fully saturated rings. The number of nitrogens with one attached hydrogen (secondary N) is 2. The van der Waals surface area contributed by atoms with Crippen LogP contribution in [0.5, 0.6) is 11.5 Å². The van der Waals surface area contributed by atoms with Gasteiger partial charge in [-0.1, -0.05) is 44.2 Å². The van der Waals surface area contributed by atoms with Gasteiger partial charge in [0.2, 0.25) is 12.7 Å². The minimum absolute atomic E-state index is 0.0198. The summed E-state index contributed by atoms with van der Waals surface area (Å²) in [7, 11) is 2.04. The number of fused-ring (bicyclic) bond motifs is 1. The van der Waals surface area contributed by atoms with E-state index in [1.807, 2.05) is 25.2 Å². The molecule has 0 aromatic heterocycles. The molecule has 2 N–H and O–H groups in total. The van der Waals surface area contributed by atoms with Crippen molar-refractivity contribution >= 4 is 11.8 Å². The topological polar surface area (TPSA) is 79.9 Å². The third-order valence-corrected chi connectivity index (χ3v) is 5.00. The van der Waals surface area contributed by atoms with Crippen molar-refractivity contribution in [2.45, 2.75) is 26.4 Å². The predicted octanol–water partition coefficient (Wildman–Crippen LogP) is 2.42. The van der Waals surface area contributed by atoms with E-state index >= 15 is 0 Å². The molecule has 7 heteroatoms. The number of likely N-dealkylation sites (N-methyl/N-ethyl adjacent to an activating group) is 1. The zero-order chi connectivity index (χ0) is 21.5. The summed E-state index contributed by atoms with van der Waals surface area (Å²) in [6.07, 6.45) is 0. The molecule has 0 aliphatic carbocycles. The lowest BCUT2D eigenvalue weighted by atomic mass is 10.0. The first-order valence-electron chi connectivity index (χ1n) is 10.1. The summed E-state index contributed by atoms with van der Waals surface area (Å²) < 4.78 is 10.5. The molecule has 30 heavy (non-hydrogen) atoms. The first-order valence-corrected chi connectivity index (χ1v) is 10.1. The number of hydrogen-bond donors (Lipinski definition) is 2. The lowest BCUT2D eigenvalue weighted by Gasteiger charge is -2.28. The van der Waals surface area contributed by atoms with E-state index in [1.165, 1.54) is 5.56 Å². The van der Waals surface area contributed by atoms with Crippen LogP contribution in [-0.4, -0.2) is 49.7 Å². The molecule has 2 aromatic rings. The number of carbonyl (C=O) groups excluding carboxylic acids is 2. The van der Waals surface area contributed by atoms with Gasteiger partial charge in [-0.15, -0.1) is 0 Å². The molecule has 0 saturated carbocycles.